The summed E-state index contributed by atoms with van der Waals surface area (Å²) in [4.78, 5) is 10.9. The predicted octanol–water partition coefficient (Wildman–Crippen LogP) is 2.42. The van der Waals surface area contributed by atoms with Crippen molar-refractivity contribution < 1.29 is 23.8 Å². The van der Waals surface area contributed by atoms with E-state index in [1.807, 2.05) is 0 Å². The van der Waals surface area contributed by atoms with Crippen molar-refractivity contribution >= 4 is 21.9 Å². The van der Waals surface area contributed by atoms with Crippen molar-refractivity contribution in [3.05, 3.63) is 28.1 Å². The van der Waals surface area contributed by atoms with Gasteiger partial charge in [0, 0.05) is 11.5 Å². The quantitative estimate of drug-likeness (QED) is 0.907. The fourth-order valence-corrected chi connectivity index (χ4v) is 2.60. The van der Waals surface area contributed by atoms with Gasteiger partial charge in [0.15, 0.2) is 17.3 Å². The van der Waals surface area contributed by atoms with E-state index in [0.29, 0.717) is 15.9 Å². The number of nitrogens with zero attached hydrogens (tertiary/aromatic N) is 2. The number of carbonyl (C=O) groups is 1. The molecule has 0 radical (unpaired) electrons. The first kappa shape index (κ1) is 12.9. The zero-order valence-corrected chi connectivity index (χ0v) is 11.8. The van der Waals surface area contributed by atoms with Gasteiger partial charge in [-0.05, 0) is 28.1 Å². The Hall–Kier alpha value is -2.09. The Balaban J connectivity index is 2.23. The molecule has 0 unspecified atom stereocenters. The Kier molecular flexibility index (Phi) is 2.89. The smallest absolute Gasteiger partial charge is 0.356 e. The van der Waals surface area contributed by atoms with Gasteiger partial charge in [0.2, 0.25) is 12.5 Å². The van der Waals surface area contributed by atoms with Crippen LogP contribution in [-0.2, 0) is 7.05 Å². The van der Waals surface area contributed by atoms with Crippen LogP contribution in [0, 0.1) is 5.82 Å². The topological polar surface area (TPSA) is 73.6 Å². The molecular weight excluding hydrogens is 335 g/mol. The molecule has 0 amide bonds. The number of hydrogen-bond donors (Lipinski definition) is 1. The number of hydrogen-bond acceptors (Lipinski definition) is 4. The Bertz CT molecular complexity index is 729. The van der Waals surface area contributed by atoms with Gasteiger partial charge in [-0.1, -0.05) is 0 Å². The number of aromatic carboxylic acids is 1. The van der Waals surface area contributed by atoms with Crippen molar-refractivity contribution in [2.24, 2.45) is 7.05 Å². The number of rotatable bonds is 2. The lowest BCUT2D eigenvalue weighted by Crippen LogP contribution is -2.00. The van der Waals surface area contributed by atoms with Crippen LogP contribution >= 0.6 is 15.9 Å². The van der Waals surface area contributed by atoms with Gasteiger partial charge in [-0.3, -0.25) is 4.68 Å². The second kappa shape index (κ2) is 4.48. The van der Waals surface area contributed by atoms with E-state index in [4.69, 9.17) is 14.6 Å². The van der Waals surface area contributed by atoms with E-state index in [1.54, 1.807) is 6.07 Å². The van der Waals surface area contributed by atoms with Crippen molar-refractivity contribution in [2.75, 3.05) is 6.79 Å². The van der Waals surface area contributed by atoms with Crippen LogP contribution in [-0.4, -0.2) is 27.6 Å². The molecule has 0 spiro atoms. The molecule has 3 rings (SSSR count). The molecule has 2 aromatic rings. The monoisotopic (exact) mass is 342 g/mol. The van der Waals surface area contributed by atoms with Crippen LogP contribution in [0.25, 0.3) is 11.3 Å². The molecule has 8 heteroatoms. The first-order valence-electron chi connectivity index (χ1n) is 5.54. The van der Waals surface area contributed by atoms with Crippen LogP contribution in [0.3, 0.4) is 0 Å². The summed E-state index contributed by atoms with van der Waals surface area (Å²) in [6, 6.07) is 2.88. The number of aryl methyl sites for hydroxylation is 1. The summed E-state index contributed by atoms with van der Waals surface area (Å²) in [5, 5.41) is 12.8. The number of ether oxygens (including phenoxy) is 2. The molecular formula is C12H8BrFN2O4. The third kappa shape index (κ3) is 1.83. The lowest BCUT2D eigenvalue weighted by molar-refractivity contribution is 0.0689. The van der Waals surface area contributed by atoms with E-state index < -0.39 is 11.8 Å². The van der Waals surface area contributed by atoms with Crippen molar-refractivity contribution in [1.82, 2.24) is 9.78 Å². The fourth-order valence-electron chi connectivity index (χ4n) is 2.01. The zero-order chi connectivity index (χ0) is 14.4. The Morgan fingerprint density at radius 3 is 2.90 bits per heavy atom. The molecule has 0 atom stereocenters. The van der Waals surface area contributed by atoms with Gasteiger partial charge in [-0.2, -0.15) is 5.10 Å². The number of aromatic nitrogens is 2. The first-order chi connectivity index (χ1) is 9.49. The van der Waals surface area contributed by atoms with E-state index in [1.165, 1.54) is 17.8 Å². The molecule has 1 aliphatic rings. The highest BCUT2D eigenvalue weighted by Gasteiger charge is 2.27. The van der Waals surface area contributed by atoms with Crippen LogP contribution in [0.2, 0.25) is 0 Å². The summed E-state index contributed by atoms with van der Waals surface area (Å²) >= 11 is 3.25. The minimum Gasteiger partial charge on any atom is -0.476 e. The Morgan fingerprint density at radius 2 is 2.25 bits per heavy atom. The van der Waals surface area contributed by atoms with Crippen LogP contribution in [0.5, 0.6) is 11.5 Å². The van der Waals surface area contributed by atoms with Gasteiger partial charge in [-0.15, -0.1) is 0 Å². The summed E-state index contributed by atoms with van der Waals surface area (Å²) in [5.74, 6) is -1.48. The SMILES string of the molecule is Cn1nc(C(=O)O)cc1-c1c(Br)cc2c(c1F)OCO2. The molecule has 1 aliphatic heterocycles. The van der Waals surface area contributed by atoms with Crippen LogP contribution in [0.15, 0.2) is 16.6 Å². The van der Waals surface area contributed by atoms with E-state index in [9.17, 15) is 9.18 Å². The van der Waals surface area contributed by atoms with Gasteiger partial charge < -0.3 is 14.6 Å². The lowest BCUT2D eigenvalue weighted by atomic mass is 10.1. The molecule has 2 heterocycles. The maximum absolute atomic E-state index is 14.5. The second-order valence-electron chi connectivity index (χ2n) is 4.12. The minimum absolute atomic E-state index is 0.0151. The maximum Gasteiger partial charge on any atom is 0.356 e. The number of carboxylic acids is 1. The van der Waals surface area contributed by atoms with Crippen molar-refractivity contribution in [1.29, 1.82) is 0 Å². The molecule has 0 bridgehead atoms. The van der Waals surface area contributed by atoms with E-state index in [2.05, 4.69) is 21.0 Å². The maximum atomic E-state index is 14.5. The summed E-state index contributed by atoms with van der Waals surface area (Å²) in [5.41, 5.74) is 0.341. The summed E-state index contributed by atoms with van der Waals surface area (Å²) < 4.78 is 26.4. The molecule has 6 nitrogen and oxygen atoms in total. The minimum atomic E-state index is -1.18. The van der Waals surface area contributed by atoms with Crippen LogP contribution in [0.1, 0.15) is 10.5 Å². The molecule has 0 saturated carbocycles. The number of halogens is 2. The van der Waals surface area contributed by atoms with Crippen LogP contribution < -0.4 is 9.47 Å². The predicted molar refractivity (Wildman–Crippen MR) is 69.4 cm³/mol. The molecule has 1 aromatic carbocycles. The summed E-state index contributed by atoms with van der Waals surface area (Å²) in [6.45, 7) is -0.0477. The highest BCUT2D eigenvalue weighted by atomic mass is 79.9. The van der Waals surface area contributed by atoms with E-state index in [-0.39, 0.29) is 23.8 Å². The van der Waals surface area contributed by atoms with E-state index in [0.717, 1.165) is 0 Å². The fraction of sp³-hybridized carbons (Fsp3) is 0.167. The number of fused-ring (bicyclic) bond motifs is 1. The van der Waals surface area contributed by atoms with Crippen molar-refractivity contribution in [2.45, 2.75) is 0 Å². The highest BCUT2D eigenvalue weighted by molar-refractivity contribution is 9.10. The normalized spacial score (nSPS) is 12.8. The number of benzene rings is 1. The Labute approximate surface area is 120 Å². The van der Waals surface area contributed by atoms with Gasteiger partial charge in [-0.25, -0.2) is 9.18 Å². The van der Waals surface area contributed by atoms with Gasteiger partial charge in [0.1, 0.15) is 0 Å². The van der Waals surface area contributed by atoms with E-state index >= 15 is 0 Å². The summed E-state index contributed by atoms with van der Waals surface area (Å²) in [7, 11) is 1.54. The largest absolute Gasteiger partial charge is 0.476 e. The Morgan fingerprint density at radius 1 is 1.50 bits per heavy atom. The molecule has 1 N–H and O–H groups in total. The average molecular weight is 343 g/mol. The molecule has 20 heavy (non-hydrogen) atoms. The highest BCUT2D eigenvalue weighted by Crippen LogP contribution is 2.44. The van der Waals surface area contributed by atoms with Crippen molar-refractivity contribution in [3.8, 4) is 22.8 Å². The third-order valence-corrected chi connectivity index (χ3v) is 3.54. The second-order valence-corrected chi connectivity index (χ2v) is 4.98. The van der Waals surface area contributed by atoms with Crippen LogP contribution in [0.4, 0.5) is 4.39 Å². The van der Waals surface area contributed by atoms with Gasteiger partial charge in [0.25, 0.3) is 0 Å². The average Bonchev–Trinajstić information content (AvgIpc) is 2.97. The first-order valence-corrected chi connectivity index (χ1v) is 6.33. The number of carboxylic acid groups (broad SMARTS) is 1. The molecule has 0 saturated heterocycles. The van der Waals surface area contributed by atoms with Gasteiger partial charge >= 0.3 is 5.97 Å². The zero-order valence-electron chi connectivity index (χ0n) is 10.2. The molecule has 0 aliphatic carbocycles. The summed E-state index contributed by atoms with van der Waals surface area (Å²) in [6.07, 6.45) is 0. The van der Waals surface area contributed by atoms with Crippen molar-refractivity contribution in [3.63, 3.8) is 0 Å². The lowest BCUT2D eigenvalue weighted by Gasteiger charge is -2.08. The molecule has 104 valence electrons. The molecule has 0 fully saturated rings. The molecule has 1 aromatic heterocycles. The third-order valence-electron chi connectivity index (χ3n) is 2.91. The standard InChI is InChI=1S/C12H8BrFN2O4/c1-16-7(3-6(15-16)12(17)18)9-5(13)2-8-11(10(9)14)20-4-19-8/h2-3H,4H2,1H3,(H,17,18). The van der Waals surface area contributed by atoms with Gasteiger partial charge in [0.05, 0.1) is 11.3 Å².